The van der Waals surface area contributed by atoms with Crippen LogP contribution in [-0.2, 0) is 15.7 Å². The van der Waals surface area contributed by atoms with Crippen LogP contribution in [0.2, 0.25) is 10.0 Å². The molecule has 11 heteroatoms. The van der Waals surface area contributed by atoms with Crippen LogP contribution >= 0.6 is 23.2 Å². The molecule has 2 N–H and O–H groups in total. The van der Waals surface area contributed by atoms with E-state index in [4.69, 9.17) is 27.9 Å². The Morgan fingerprint density at radius 2 is 1.69 bits per heavy atom. The normalized spacial score (nSPS) is 11.0. The first kappa shape index (κ1) is 23.4. The van der Waals surface area contributed by atoms with Crippen molar-refractivity contribution in [3.63, 3.8) is 0 Å². The molecule has 32 heavy (non-hydrogen) atoms. The number of hydrogen-bond acceptors (Lipinski definition) is 5. The number of carbonyl (C=O) groups is 2. The summed E-state index contributed by atoms with van der Waals surface area (Å²) in [5.41, 5.74) is -0.699. The average Bonchev–Trinajstić information content (AvgIpc) is 2.75. The molecule has 3 aromatic rings. The maximum Gasteiger partial charge on any atom is 0.416 e. The lowest BCUT2D eigenvalue weighted by molar-refractivity contribution is -0.137. The third-order valence-electron chi connectivity index (χ3n) is 4.04. The molecule has 0 atom stereocenters. The SMILES string of the molecule is O=C(COC(=O)c1cccnc1Nc1cccc(C(F)(F)F)c1)Nc1c(Cl)cccc1Cl. The molecule has 0 saturated heterocycles. The van der Waals surface area contributed by atoms with E-state index in [1.165, 1.54) is 42.6 Å². The maximum atomic E-state index is 12.9. The number of ether oxygens (including phenoxy) is 1. The van der Waals surface area contributed by atoms with Crippen molar-refractivity contribution in [1.29, 1.82) is 0 Å². The Hall–Kier alpha value is -3.30. The van der Waals surface area contributed by atoms with Crippen molar-refractivity contribution in [1.82, 2.24) is 4.98 Å². The summed E-state index contributed by atoms with van der Waals surface area (Å²) in [6.07, 6.45) is -3.18. The summed E-state index contributed by atoms with van der Waals surface area (Å²) in [6, 6.07) is 11.9. The van der Waals surface area contributed by atoms with Gasteiger partial charge in [0.1, 0.15) is 11.4 Å². The standard InChI is InChI=1S/C21H14Cl2F3N3O3/c22-15-7-2-8-16(23)18(15)29-17(30)11-32-20(31)14-6-3-9-27-19(14)28-13-5-1-4-12(10-13)21(24,25)26/h1-10H,11H2,(H,27,28)(H,29,30). The van der Waals surface area contributed by atoms with E-state index in [9.17, 15) is 22.8 Å². The van der Waals surface area contributed by atoms with E-state index in [0.29, 0.717) is 0 Å². The molecule has 3 rings (SSSR count). The Kier molecular flexibility index (Phi) is 7.22. The summed E-state index contributed by atoms with van der Waals surface area (Å²) >= 11 is 12.0. The number of benzene rings is 2. The number of nitrogens with zero attached hydrogens (tertiary/aromatic N) is 1. The first-order chi connectivity index (χ1) is 15.1. The molecule has 0 bridgehead atoms. The molecule has 6 nitrogen and oxygen atoms in total. The van der Waals surface area contributed by atoms with Gasteiger partial charge in [0.05, 0.1) is 21.3 Å². The minimum Gasteiger partial charge on any atom is -0.452 e. The lowest BCUT2D eigenvalue weighted by Gasteiger charge is -2.13. The molecule has 0 saturated carbocycles. The van der Waals surface area contributed by atoms with Crippen LogP contribution in [0.5, 0.6) is 0 Å². The number of para-hydroxylation sites is 1. The molecule has 0 fully saturated rings. The minimum atomic E-state index is -4.53. The van der Waals surface area contributed by atoms with Crippen molar-refractivity contribution in [2.24, 2.45) is 0 Å². The molecule has 2 aromatic carbocycles. The van der Waals surface area contributed by atoms with E-state index in [2.05, 4.69) is 15.6 Å². The van der Waals surface area contributed by atoms with Crippen LogP contribution in [0.15, 0.2) is 60.8 Å². The van der Waals surface area contributed by atoms with E-state index in [1.54, 1.807) is 6.07 Å². The van der Waals surface area contributed by atoms with Gasteiger partial charge in [-0.05, 0) is 42.5 Å². The average molecular weight is 484 g/mol. The Balaban J connectivity index is 1.69. The molecular formula is C21H14Cl2F3N3O3. The molecular weight excluding hydrogens is 470 g/mol. The van der Waals surface area contributed by atoms with Crippen molar-refractivity contribution in [2.75, 3.05) is 17.2 Å². The van der Waals surface area contributed by atoms with Crippen LogP contribution < -0.4 is 10.6 Å². The molecule has 1 heterocycles. The van der Waals surface area contributed by atoms with Gasteiger partial charge in [-0.2, -0.15) is 13.2 Å². The predicted molar refractivity (Wildman–Crippen MR) is 114 cm³/mol. The second-order valence-electron chi connectivity index (χ2n) is 6.32. The largest absolute Gasteiger partial charge is 0.452 e. The van der Waals surface area contributed by atoms with Gasteiger partial charge in [0.2, 0.25) is 0 Å². The molecule has 1 aromatic heterocycles. The monoisotopic (exact) mass is 483 g/mol. The molecule has 0 spiro atoms. The summed E-state index contributed by atoms with van der Waals surface area (Å²) in [5, 5.41) is 5.51. The van der Waals surface area contributed by atoms with Gasteiger partial charge in [0.25, 0.3) is 5.91 Å². The number of amides is 1. The third kappa shape index (κ3) is 5.89. The zero-order valence-electron chi connectivity index (χ0n) is 16.0. The van der Waals surface area contributed by atoms with Crippen LogP contribution in [0.1, 0.15) is 15.9 Å². The van der Waals surface area contributed by atoms with Gasteiger partial charge in [-0.25, -0.2) is 9.78 Å². The number of pyridine rings is 1. The summed E-state index contributed by atoms with van der Waals surface area (Å²) in [7, 11) is 0. The highest BCUT2D eigenvalue weighted by Gasteiger charge is 2.30. The fourth-order valence-corrected chi connectivity index (χ4v) is 3.07. The van der Waals surface area contributed by atoms with Gasteiger partial charge in [-0.3, -0.25) is 4.79 Å². The van der Waals surface area contributed by atoms with Crippen molar-refractivity contribution < 1.29 is 27.5 Å². The topological polar surface area (TPSA) is 80.3 Å². The Morgan fingerprint density at radius 1 is 1.00 bits per heavy atom. The number of hydrogen-bond donors (Lipinski definition) is 2. The van der Waals surface area contributed by atoms with Crippen LogP contribution in [0.3, 0.4) is 0 Å². The summed E-state index contributed by atoms with van der Waals surface area (Å²) in [4.78, 5) is 28.6. The van der Waals surface area contributed by atoms with E-state index in [1.807, 2.05) is 0 Å². The van der Waals surface area contributed by atoms with Gasteiger partial charge in [0.15, 0.2) is 6.61 Å². The molecule has 0 aliphatic carbocycles. The van der Waals surface area contributed by atoms with Crippen LogP contribution in [-0.4, -0.2) is 23.5 Å². The lowest BCUT2D eigenvalue weighted by Crippen LogP contribution is -2.21. The number of halogens is 5. The second kappa shape index (κ2) is 9.88. The quantitative estimate of drug-likeness (QED) is 0.423. The van der Waals surface area contributed by atoms with Crippen LogP contribution in [0.4, 0.5) is 30.4 Å². The zero-order chi connectivity index (χ0) is 23.3. The number of anilines is 3. The molecule has 0 aliphatic heterocycles. The van der Waals surface area contributed by atoms with Crippen LogP contribution in [0.25, 0.3) is 0 Å². The summed E-state index contributed by atoms with van der Waals surface area (Å²) < 4.78 is 43.8. The highest BCUT2D eigenvalue weighted by Crippen LogP contribution is 2.32. The van der Waals surface area contributed by atoms with Gasteiger partial charge >= 0.3 is 12.1 Å². The van der Waals surface area contributed by atoms with Crippen molar-refractivity contribution in [2.45, 2.75) is 6.18 Å². The Morgan fingerprint density at radius 3 is 2.38 bits per heavy atom. The van der Waals surface area contributed by atoms with Crippen molar-refractivity contribution in [3.8, 4) is 0 Å². The van der Waals surface area contributed by atoms with Crippen LogP contribution in [0, 0.1) is 0 Å². The third-order valence-corrected chi connectivity index (χ3v) is 4.67. The van der Waals surface area contributed by atoms with E-state index >= 15 is 0 Å². The fourth-order valence-electron chi connectivity index (χ4n) is 2.58. The number of alkyl halides is 3. The molecule has 1 amide bonds. The van der Waals surface area contributed by atoms with Gasteiger partial charge in [-0.1, -0.05) is 35.3 Å². The van der Waals surface area contributed by atoms with Gasteiger partial charge < -0.3 is 15.4 Å². The highest BCUT2D eigenvalue weighted by molar-refractivity contribution is 6.39. The number of aromatic nitrogens is 1. The molecule has 166 valence electrons. The summed E-state index contributed by atoms with van der Waals surface area (Å²) in [5.74, 6) is -1.64. The smallest absolute Gasteiger partial charge is 0.416 e. The van der Waals surface area contributed by atoms with Gasteiger partial charge in [0, 0.05) is 11.9 Å². The first-order valence-corrected chi connectivity index (χ1v) is 9.71. The number of carbonyl (C=O) groups excluding carboxylic acids is 2. The maximum absolute atomic E-state index is 12.9. The lowest BCUT2D eigenvalue weighted by atomic mass is 10.2. The first-order valence-electron chi connectivity index (χ1n) is 8.95. The minimum absolute atomic E-state index is 0.0358. The molecule has 0 radical (unpaired) electrons. The van der Waals surface area contributed by atoms with E-state index in [-0.39, 0.29) is 32.8 Å². The summed E-state index contributed by atoms with van der Waals surface area (Å²) in [6.45, 7) is -0.654. The Bertz CT molecular complexity index is 1140. The molecule has 0 unspecified atom stereocenters. The zero-order valence-corrected chi connectivity index (χ0v) is 17.6. The van der Waals surface area contributed by atoms with Gasteiger partial charge in [-0.15, -0.1) is 0 Å². The van der Waals surface area contributed by atoms with E-state index < -0.39 is 30.2 Å². The number of rotatable bonds is 6. The van der Waals surface area contributed by atoms with E-state index in [0.717, 1.165) is 12.1 Å². The predicted octanol–water partition coefficient (Wildman–Crippen LogP) is 5.95. The second-order valence-corrected chi connectivity index (χ2v) is 7.14. The van der Waals surface area contributed by atoms with Crippen molar-refractivity contribution >= 4 is 52.3 Å². The Labute approximate surface area is 190 Å². The van der Waals surface area contributed by atoms with Crippen molar-refractivity contribution in [3.05, 3.63) is 82.0 Å². The fraction of sp³-hybridized carbons (Fsp3) is 0.0952. The molecule has 0 aliphatic rings. The number of nitrogens with one attached hydrogen (secondary N) is 2. The highest BCUT2D eigenvalue weighted by atomic mass is 35.5. The number of esters is 1.